The van der Waals surface area contributed by atoms with E-state index in [0.717, 1.165) is 22.2 Å². The van der Waals surface area contributed by atoms with Gasteiger partial charge in [0.15, 0.2) is 0 Å². The van der Waals surface area contributed by atoms with Crippen molar-refractivity contribution >= 4 is 21.6 Å². The van der Waals surface area contributed by atoms with Gasteiger partial charge >= 0.3 is 0 Å². The summed E-state index contributed by atoms with van der Waals surface area (Å²) in [4.78, 5) is 8.34. The van der Waals surface area contributed by atoms with E-state index in [0.29, 0.717) is 6.61 Å². The van der Waals surface area contributed by atoms with Crippen LogP contribution >= 0.6 is 15.9 Å². The van der Waals surface area contributed by atoms with Crippen molar-refractivity contribution in [2.24, 2.45) is 11.1 Å². The van der Waals surface area contributed by atoms with E-state index in [4.69, 9.17) is 4.84 Å². The number of benzene rings is 3. The molecule has 1 saturated heterocycles. The van der Waals surface area contributed by atoms with Gasteiger partial charge in [-0.15, -0.1) is 0 Å². The molecule has 1 fully saturated rings. The zero-order chi connectivity index (χ0) is 20.9. The fourth-order valence-electron chi connectivity index (χ4n) is 4.38. The van der Waals surface area contributed by atoms with E-state index in [2.05, 4.69) is 107 Å². The van der Waals surface area contributed by atoms with Crippen LogP contribution in [0.3, 0.4) is 0 Å². The largest absolute Gasteiger partial charge is 0.391 e. The molecule has 154 valence electrons. The van der Waals surface area contributed by atoms with Crippen molar-refractivity contribution in [3.8, 4) is 0 Å². The Morgan fingerprint density at radius 3 is 2.17 bits per heavy atom. The zero-order valence-electron chi connectivity index (χ0n) is 17.4. The fraction of sp³-hybridized carbons (Fsp3) is 0.269. The molecule has 0 amide bonds. The van der Waals surface area contributed by atoms with Gasteiger partial charge in [0.2, 0.25) is 0 Å². The predicted molar refractivity (Wildman–Crippen MR) is 126 cm³/mol. The van der Waals surface area contributed by atoms with Gasteiger partial charge in [-0.3, -0.25) is 4.90 Å². The molecule has 3 nitrogen and oxygen atoms in total. The monoisotopic (exact) mass is 462 g/mol. The third-order valence-electron chi connectivity index (χ3n) is 6.02. The number of hydrogen-bond acceptors (Lipinski definition) is 3. The molecule has 4 heteroatoms. The molecule has 3 aromatic carbocycles. The van der Waals surface area contributed by atoms with E-state index in [-0.39, 0.29) is 18.0 Å². The number of likely N-dealkylation sites (tertiary alicyclic amines) is 1. The van der Waals surface area contributed by atoms with Gasteiger partial charge in [-0.1, -0.05) is 107 Å². The van der Waals surface area contributed by atoms with E-state index in [1.165, 1.54) is 11.1 Å². The second-order valence-corrected chi connectivity index (χ2v) is 8.74. The predicted octanol–water partition coefficient (Wildman–Crippen LogP) is 6.78. The van der Waals surface area contributed by atoms with Crippen LogP contribution in [0.5, 0.6) is 0 Å². The molecule has 1 heterocycles. The molecule has 30 heavy (non-hydrogen) atoms. The summed E-state index contributed by atoms with van der Waals surface area (Å²) in [5, 5.41) is 4.66. The fourth-order valence-corrected chi connectivity index (χ4v) is 4.78. The maximum absolute atomic E-state index is 5.85. The van der Waals surface area contributed by atoms with Crippen molar-refractivity contribution < 1.29 is 4.84 Å². The molecular weight excluding hydrogens is 436 g/mol. The van der Waals surface area contributed by atoms with Gasteiger partial charge in [-0.2, -0.15) is 0 Å². The summed E-state index contributed by atoms with van der Waals surface area (Å²) in [6.07, 6.45) is 0.862. The Morgan fingerprint density at radius 1 is 0.900 bits per heavy atom. The maximum atomic E-state index is 5.85. The lowest BCUT2D eigenvalue weighted by Gasteiger charge is -2.44. The van der Waals surface area contributed by atoms with Crippen molar-refractivity contribution in [2.45, 2.75) is 32.0 Å². The molecule has 1 aliphatic heterocycles. The number of hydrogen-bond donors (Lipinski definition) is 0. The van der Waals surface area contributed by atoms with Crippen molar-refractivity contribution in [1.29, 1.82) is 0 Å². The van der Waals surface area contributed by atoms with Crippen molar-refractivity contribution in [1.82, 2.24) is 4.90 Å². The molecular formula is C26H27BrN2O. The van der Waals surface area contributed by atoms with Gasteiger partial charge in [0.25, 0.3) is 0 Å². The van der Waals surface area contributed by atoms with Crippen LogP contribution in [0, 0.1) is 5.92 Å². The van der Waals surface area contributed by atoms with Crippen molar-refractivity contribution in [3.63, 3.8) is 0 Å². The summed E-state index contributed by atoms with van der Waals surface area (Å²) in [5.74, 6) is 0.261. The number of piperidine rings is 1. The van der Waals surface area contributed by atoms with Gasteiger partial charge in [-0.25, -0.2) is 0 Å². The highest BCUT2D eigenvalue weighted by atomic mass is 79.9. The molecule has 1 aliphatic rings. The second-order valence-electron chi connectivity index (χ2n) is 7.89. The topological polar surface area (TPSA) is 24.8 Å². The number of rotatable bonds is 5. The average Bonchev–Trinajstić information content (AvgIpc) is 2.78. The molecule has 0 aliphatic carbocycles. The second kappa shape index (κ2) is 9.59. The molecule has 0 unspecified atom stereocenters. The quantitative estimate of drug-likeness (QED) is 0.390. The van der Waals surface area contributed by atoms with Crippen LogP contribution in [0.2, 0.25) is 0 Å². The average molecular weight is 463 g/mol. The Kier molecular flexibility index (Phi) is 6.66. The van der Waals surface area contributed by atoms with Crippen LogP contribution in [0.1, 0.15) is 42.1 Å². The smallest absolute Gasteiger partial charge is 0.143 e. The van der Waals surface area contributed by atoms with Crippen molar-refractivity contribution in [3.05, 3.63) is 106 Å². The minimum Gasteiger partial charge on any atom is -0.391 e. The lowest BCUT2D eigenvalue weighted by molar-refractivity contribution is 0.104. The van der Waals surface area contributed by atoms with E-state index >= 15 is 0 Å². The molecule has 0 bridgehead atoms. The number of halogens is 1. The van der Waals surface area contributed by atoms with Gasteiger partial charge in [0, 0.05) is 34.5 Å². The van der Waals surface area contributed by atoms with Crippen LogP contribution in [0.25, 0.3) is 0 Å². The summed E-state index contributed by atoms with van der Waals surface area (Å²) >= 11 is 3.59. The third kappa shape index (κ3) is 4.50. The highest BCUT2D eigenvalue weighted by Gasteiger charge is 2.38. The molecule has 3 aromatic rings. The Bertz CT molecular complexity index is 990. The first-order valence-corrected chi connectivity index (χ1v) is 11.2. The molecule has 4 rings (SSSR count). The Balaban J connectivity index is 1.62. The summed E-state index contributed by atoms with van der Waals surface area (Å²) in [5.41, 5.74) is 4.84. The van der Waals surface area contributed by atoms with Crippen LogP contribution < -0.4 is 0 Å². The van der Waals surface area contributed by atoms with E-state index in [1.807, 2.05) is 18.2 Å². The first kappa shape index (κ1) is 20.8. The third-order valence-corrected chi connectivity index (χ3v) is 6.79. The van der Waals surface area contributed by atoms with Crippen LogP contribution in [-0.4, -0.2) is 17.7 Å². The van der Waals surface area contributed by atoms with Crippen LogP contribution in [0.15, 0.2) is 94.6 Å². The molecule has 0 N–H and O–H groups in total. The molecule has 0 saturated carbocycles. The lowest BCUT2D eigenvalue weighted by Crippen LogP contribution is -2.42. The first-order chi connectivity index (χ1) is 14.6. The summed E-state index contributed by atoms with van der Waals surface area (Å²) in [6.45, 7) is 2.72. The number of oxime groups is 1. The summed E-state index contributed by atoms with van der Waals surface area (Å²) < 4.78 is 1.05. The summed E-state index contributed by atoms with van der Waals surface area (Å²) in [7, 11) is 2.23. The Labute approximate surface area is 187 Å². The normalized spacial score (nSPS) is 23.4. The van der Waals surface area contributed by atoms with E-state index < -0.39 is 0 Å². The lowest BCUT2D eigenvalue weighted by atomic mass is 9.80. The van der Waals surface area contributed by atoms with Gasteiger partial charge in [0.1, 0.15) is 6.61 Å². The molecule has 0 aromatic heterocycles. The van der Waals surface area contributed by atoms with Crippen LogP contribution in [-0.2, 0) is 11.4 Å². The zero-order valence-corrected chi connectivity index (χ0v) is 19.0. The maximum Gasteiger partial charge on any atom is 0.143 e. The van der Waals surface area contributed by atoms with Gasteiger partial charge in [-0.05, 0) is 24.2 Å². The molecule has 0 spiro atoms. The minimum atomic E-state index is 0.246. The Morgan fingerprint density at radius 2 is 1.50 bits per heavy atom. The molecule has 3 atom stereocenters. The SMILES string of the molecule is C[C@H]1/C(=N/OCc2ccccc2Br)C[C@H](c2ccccc2)N(C)[C@@H]1c1ccccc1. The standard InChI is InChI=1S/C26H27BrN2O/c1-19-24(28-30-18-22-15-9-10-16-23(22)27)17-25(20-11-5-3-6-12-20)29(2)26(19)21-13-7-4-8-14-21/h3-16,19,25-26H,17-18H2,1-2H3/b28-24+/t19-,25+,26-/m0/s1. The van der Waals surface area contributed by atoms with E-state index in [1.54, 1.807) is 0 Å². The van der Waals surface area contributed by atoms with Crippen LogP contribution in [0.4, 0.5) is 0 Å². The van der Waals surface area contributed by atoms with Crippen molar-refractivity contribution in [2.75, 3.05) is 7.05 Å². The first-order valence-electron chi connectivity index (χ1n) is 10.4. The van der Waals surface area contributed by atoms with Gasteiger partial charge < -0.3 is 4.84 Å². The molecule has 0 radical (unpaired) electrons. The van der Waals surface area contributed by atoms with E-state index in [9.17, 15) is 0 Å². The highest BCUT2D eigenvalue weighted by Crippen LogP contribution is 2.42. The summed E-state index contributed by atoms with van der Waals surface area (Å²) in [6, 6.07) is 30.0. The number of nitrogens with zero attached hydrogens (tertiary/aromatic N) is 2. The minimum absolute atomic E-state index is 0.246. The van der Waals surface area contributed by atoms with Gasteiger partial charge in [0.05, 0.1) is 5.71 Å². The Hall–Kier alpha value is -2.43. The highest BCUT2D eigenvalue weighted by molar-refractivity contribution is 9.10.